The number of ether oxygens (including phenoxy) is 1. The van der Waals surface area contributed by atoms with Crippen molar-refractivity contribution in [2.45, 2.75) is 19.9 Å². The van der Waals surface area contributed by atoms with Crippen LogP contribution >= 0.6 is 15.9 Å². The molecule has 5 nitrogen and oxygen atoms in total. The van der Waals surface area contributed by atoms with Gasteiger partial charge in [-0.15, -0.1) is 0 Å². The van der Waals surface area contributed by atoms with Crippen molar-refractivity contribution < 1.29 is 4.74 Å². The van der Waals surface area contributed by atoms with E-state index in [0.29, 0.717) is 23.0 Å². The van der Waals surface area contributed by atoms with E-state index in [4.69, 9.17) is 4.74 Å². The van der Waals surface area contributed by atoms with E-state index in [1.54, 1.807) is 0 Å². The van der Waals surface area contributed by atoms with Crippen LogP contribution in [0.3, 0.4) is 0 Å². The second-order valence-electron chi connectivity index (χ2n) is 6.47. The summed E-state index contributed by atoms with van der Waals surface area (Å²) in [5.41, 5.74) is 2.60. The molecule has 2 aromatic heterocycles. The monoisotopic (exact) mass is 434 g/mol. The molecular weight excluding hydrogens is 416 g/mol. The molecule has 0 saturated carbocycles. The van der Waals surface area contributed by atoms with Gasteiger partial charge in [0.1, 0.15) is 17.1 Å². The molecule has 2 aromatic carbocycles. The van der Waals surface area contributed by atoms with Crippen LogP contribution in [-0.2, 0) is 0 Å². The second-order valence-corrected chi connectivity index (χ2v) is 7.39. The van der Waals surface area contributed by atoms with Crippen LogP contribution < -0.4 is 10.1 Å². The molecule has 1 atom stereocenters. The van der Waals surface area contributed by atoms with Crippen molar-refractivity contribution in [3.8, 4) is 11.6 Å². The van der Waals surface area contributed by atoms with Crippen LogP contribution in [0.2, 0.25) is 0 Å². The van der Waals surface area contributed by atoms with Gasteiger partial charge in [-0.2, -0.15) is 0 Å². The third-order valence-electron chi connectivity index (χ3n) is 4.30. The van der Waals surface area contributed by atoms with Crippen LogP contribution in [0.5, 0.6) is 11.6 Å². The lowest BCUT2D eigenvalue weighted by molar-refractivity contribution is 0.465. The first-order valence-corrected chi connectivity index (χ1v) is 9.78. The van der Waals surface area contributed by atoms with E-state index in [1.165, 1.54) is 0 Å². The fourth-order valence-electron chi connectivity index (χ4n) is 2.94. The highest BCUT2D eigenvalue weighted by Gasteiger charge is 2.13. The Bertz CT molecular complexity index is 1120. The Balaban J connectivity index is 1.69. The van der Waals surface area contributed by atoms with Crippen LogP contribution in [0.4, 0.5) is 5.82 Å². The first kappa shape index (κ1) is 18.4. The Morgan fingerprint density at radius 3 is 2.54 bits per heavy atom. The molecule has 4 aromatic rings. The average Bonchev–Trinajstić information content (AvgIpc) is 2.69. The summed E-state index contributed by atoms with van der Waals surface area (Å²) in [7, 11) is 0. The van der Waals surface area contributed by atoms with E-state index in [-0.39, 0.29) is 6.04 Å². The number of fused-ring (bicyclic) bond motifs is 1. The van der Waals surface area contributed by atoms with Gasteiger partial charge in [0.25, 0.3) is 0 Å². The molecule has 2 heterocycles. The summed E-state index contributed by atoms with van der Waals surface area (Å²) < 4.78 is 6.92. The number of hydrogen-bond acceptors (Lipinski definition) is 5. The quantitative estimate of drug-likeness (QED) is 0.413. The number of aryl methyl sites for hydroxylation is 1. The molecule has 0 unspecified atom stereocenters. The molecule has 0 spiro atoms. The van der Waals surface area contributed by atoms with Crippen molar-refractivity contribution in [2.75, 3.05) is 5.32 Å². The maximum absolute atomic E-state index is 5.88. The van der Waals surface area contributed by atoms with Gasteiger partial charge in [-0.1, -0.05) is 46.3 Å². The number of anilines is 1. The smallest absolute Gasteiger partial charge is 0.220 e. The molecule has 0 aliphatic heterocycles. The molecule has 0 aliphatic carbocycles. The van der Waals surface area contributed by atoms with E-state index in [9.17, 15) is 0 Å². The zero-order valence-corrected chi connectivity index (χ0v) is 17.1. The van der Waals surface area contributed by atoms with Crippen molar-refractivity contribution in [1.82, 2.24) is 15.0 Å². The Morgan fingerprint density at radius 2 is 1.75 bits per heavy atom. The van der Waals surface area contributed by atoms with Gasteiger partial charge in [0.05, 0.1) is 11.6 Å². The van der Waals surface area contributed by atoms with E-state index in [0.717, 1.165) is 21.3 Å². The number of hydrogen-bond donors (Lipinski definition) is 1. The van der Waals surface area contributed by atoms with Crippen molar-refractivity contribution in [2.24, 2.45) is 0 Å². The predicted octanol–water partition coefficient (Wildman–Crippen LogP) is 6.06. The zero-order valence-electron chi connectivity index (χ0n) is 15.6. The molecule has 140 valence electrons. The van der Waals surface area contributed by atoms with Crippen LogP contribution in [-0.4, -0.2) is 15.0 Å². The third kappa shape index (κ3) is 4.12. The van der Waals surface area contributed by atoms with Crippen molar-refractivity contribution in [3.63, 3.8) is 0 Å². The van der Waals surface area contributed by atoms with Gasteiger partial charge in [0.2, 0.25) is 5.88 Å². The van der Waals surface area contributed by atoms with Crippen LogP contribution in [0.1, 0.15) is 24.4 Å². The molecule has 0 bridgehead atoms. The topological polar surface area (TPSA) is 59.9 Å². The second kappa shape index (κ2) is 7.94. The number of halogens is 1. The number of rotatable bonds is 5. The lowest BCUT2D eigenvalue weighted by Crippen LogP contribution is -2.10. The lowest BCUT2D eigenvalue weighted by Gasteiger charge is -2.17. The fourth-order valence-corrected chi connectivity index (χ4v) is 3.36. The molecule has 6 heteroatoms. The molecule has 0 amide bonds. The molecule has 28 heavy (non-hydrogen) atoms. The Morgan fingerprint density at radius 1 is 0.929 bits per heavy atom. The number of aromatic nitrogens is 3. The summed E-state index contributed by atoms with van der Waals surface area (Å²) >= 11 is 3.53. The Hall–Kier alpha value is -2.99. The van der Waals surface area contributed by atoms with Gasteiger partial charge in [-0.25, -0.2) is 15.0 Å². The van der Waals surface area contributed by atoms with Crippen LogP contribution in [0.15, 0.2) is 71.2 Å². The Kier molecular flexibility index (Phi) is 5.21. The minimum atomic E-state index is 0.0514. The molecule has 0 saturated heterocycles. The SMILES string of the molecule is Cc1nc(N[C@H](C)c2cccc(Br)c2)c2nc(Oc3ccccc3)ccc2n1. The van der Waals surface area contributed by atoms with E-state index >= 15 is 0 Å². The summed E-state index contributed by atoms with van der Waals surface area (Å²) in [5.74, 6) is 2.62. The average molecular weight is 435 g/mol. The number of nitrogens with zero attached hydrogens (tertiary/aromatic N) is 3. The van der Waals surface area contributed by atoms with Gasteiger partial charge in [0.15, 0.2) is 5.82 Å². The maximum Gasteiger partial charge on any atom is 0.220 e. The first-order valence-electron chi connectivity index (χ1n) is 8.99. The highest BCUT2D eigenvalue weighted by Crippen LogP contribution is 2.28. The number of para-hydroxylation sites is 1. The molecule has 1 N–H and O–H groups in total. The van der Waals surface area contributed by atoms with E-state index in [1.807, 2.05) is 61.5 Å². The number of benzene rings is 2. The summed E-state index contributed by atoms with van der Waals surface area (Å²) in [6.45, 7) is 3.97. The standard InChI is InChI=1S/C22H19BrN4O/c1-14(16-7-6-8-17(23)13-16)24-22-21-19(25-15(2)26-22)11-12-20(27-21)28-18-9-4-3-5-10-18/h3-14H,1-2H3,(H,24,25,26)/t14-/m1/s1. The lowest BCUT2D eigenvalue weighted by atomic mass is 10.1. The molecule has 0 fully saturated rings. The fraction of sp³-hybridized carbons (Fsp3) is 0.136. The Labute approximate surface area is 172 Å². The number of pyridine rings is 1. The van der Waals surface area contributed by atoms with Gasteiger partial charge in [0, 0.05) is 10.5 Å². The third-order valence-corrected chi connectivity index (χ3v) is 4.79. The molecule has 0 aliphatic rings. The van der Waals surface area contributed by atoms with E-state index in [2.05, 4.69) is 55.3 Å². The summed E-state index contributed by atoms with van der Waals surface area (Å²) in [5, 5.41) is 3.47. The largest absolute Gasteiger partial charge is 0.439 e. The zero-order chi connectivity index (χ0) is 19.5. The highest BCUT2D eigenvalue weighted by atomic mass is 79.9. The van der Waals surface area contributed by atoms with E-state index < -0.39 is 0 Å². The summed E-state index contributed by atoms with van der Waals surface area (Å²) in [4.78, 5) is 13.7. The van der Waals surface area contributed by atoms with Crippen LogP contribution in [0.25, 0.3) is 11.0 Å². The highest BCUT2D eigenvalue weighted by molar-refractivity contribution is 9.10. The van der Waals surface area contributed by atoms with Gasteiger partial charge in [-0.05, 0) is 49.7 Å². The van der Waals surface area contributed by atoms with Crippen LogP contribution in [0, 0.1) is 6.92 Å². The maximum atomic E-state index is 5.88. The molecule has 4 rings (SSSR count). The van der Waals surface area contributed by atoms with Crippen molar-refractivity contribution >= 4 is 32.8 Å². The summed E-state index contributed by atoms with van der Waals surface area (Å²) in [6, 6.07) is 21.6. The first-order chi connectivity index (χ1) is 13.6. The van der Waals surface area contributed by atoms with Gasteiger partial charge >= 0.3 is 0 Å². The predicted molar refractivity (Wildman–Crippen MR) is 115 cm³/mol. The summed E-state index contributed by atoms with van der Waals surface area (Å²) in [6.07, 6.45) is 0. The molecular formula is C22H19BrN4O. The normalized spacial score (nSPS) is 12.0. The van der Waals surface area contributed by atoms with Gasteiger partial charge in [-0.3, -0.25) is 0 Å². The molecule has 0 radical (unpaired) electrons. The van der Waals surface area contributed by atoms with Crippen molar-refractivity contribution in [3.05, 3.63) is 82.6 Å². The minimum Gasteiger partial charge on any atom is -0.439 e. The van der Waals surface area contributed by atoms with Gasteiger partial charge < -0.3 is 10.1 Å². The minimum absolute atomic E-state index is 0.0514. The number of nitrogens with one attached hydrogen (secondary N) is 1. The van der Waals surface area contributed by atoms with Crippen molar-refractivity contribution in [1.29, 1.82) is 0 Å².